The lowest BCUT2D eigenvalue weighted by atomic mass is 9.89. The molecular weight excluding hydrogens is 214 g/mol. The molecule has 0 radical (unpaired) electrons. The van der Waals surface area contributed by atoms with Gasteiger partial charge in [0.15, 0.2) is 5.82 Å². The third kappa shape index (κ3) is 3.28. The van der Waals surface area contributed by atoms with Crippen molar-refractivity contribution >= 4 is 0 Å². The van der Waals surface area contributed by atoms with Crippen molar-refractivity contribution in [3.8, 4) is 0 Å². The van der Waals surface area contributed by atoms with Gasteiger partial charge in [0, 0.05) is 5.92 Å². The Morgan fingerprint density at radius 1 is 1.29 bits per heavy atom. The SMILES string of the molecule is CC(C)C[C@@H](N)c1nc(C2CCCCC2)no1. The van der Waals surface area contributed by atoms with Crippen LogP contribution in [0.1, 0.15) is 76.0 Å². The molecule has 0 saturated heterocycles. The topological polar surface area (TPSA) is 64.9 Å². The average Bonchev–Trinajstić information content (AvgIpc) is 2.78. The average molecular weight is 237 g/mol. The molecular formula is C13H23N3O. The van der Waals surface area contributed by atoms with Crippen LogP contribution in [-0.4, -0.2) is 10.1 Å². The van der Waals surface area contributed by atoms with E-state index in [1.165, 1.54) is 32.1 Å². The molecule has 0 spiro atoms. The minimum atomic E-state index is -0.111. The zero-order chi connectivity index (χ0) is 12.3. The van der Waals surface area contributed by atoms with Crippen LogP contribution in [0.15, 0.2) is 4.52 Å². The van der Waals surface area contributed by atoms with Gasteiger partial charge in [0.25, 0.3) is 0 Å². The molecule has 0 aliphatic heterocycles. The molecule has 4 heteroatoms. The Hall–Kier alpha value is -0.900. The Labute approximate surface area is 103 Å². The summed E-state index contributed by atoms with van der Waals surface area (Å²) in [5, 5.41) is 4.10. The van der Waals surface area contributed by atoms with E-state index in [-0.39, 0.29) is 6.04 Å². The van der Waals surface area contributed by atoms with Crippen LogP contribution in [0.4, 0.5) is 0 Å². The molecule has 1 aromatic heterocycles. The molecule has 1 aliphatic carbocycles. The Balaban J connectivity index is 1.99. The first-order valence-corrected chi connectivity index (χ1v) is 6.76. The fourth-order valence-electron chi connectivity index (χ4n) is 2.53. The van der Waals surface area contributed by atoms with Crippen LogP contribution in [0.5, 0.6) is 0 Å². The van der Waals surface area contributed by atoms with Crippen LogP contribution < -0.4 is 5.73 Å². The summed E-state index contributed by atoms with van der Waals surface area (Å²) in [4.78, 5) is 4.48. The molecule has 1 aliphatic rings. The third-order valence-electron chi connectivity index (χ3n) is 3.47. The molecule has 1 aromatic rings. The van der Waals surface area contributed by atoms with E-state index in [1.54, 1.807) is 0 Å². The van der Waals surface area contributed by atoms with E-state index in [2.05, 4.69) is 24.0 Å². The molecule has 17 heavy (non-hydrogen) atoms. The Bertz CT molecular complexity index is 342. The van der Waals surface area contributed by atoms with Crippen LogP contribution in [0, 0.1) is 5.92 Å². The lowest BCUT2D eigenvalue weighted by Gasteiger charge is -2.17. The van der Waals surface area contributed by atoms with Crippen LogP contribution in [0.25, 0.3) is 0 Å². The molecule has 1 heterocycles. The molecule has 0 bridgehead atoms. The maximum Gasteiger partial charge on any atom is 0.243 e. The summed E-state index contributed by atoms with van der Waals surface area (Å²) >= 11 is 0. The van der Waals surface area contributed by atoms with E-state index in [1.807, 2.05) is 0 Å². The van der Waals surface area contributed by atoms with Crippen molar-refractivity contribution in [2.75, 3.05) is 0 Å². The second-order valence-corrected chi connectivity index (χ2v) is 5.56. The number of rotatable bonds is 4. The number of aromatic nitrogens is 2. The fourth-order valence-corrected chi connectivity index (χ4v) is 2.53. The van der Waals surface area contributed by atoms with Crippen molar-refractivity contribution in [3.05, 3.63) is 11.7 Å². The summed E-state index contributed by atoms with van der Waals surface area (Å²) in [5.41, 5.74) is 6.04. The van der Waals surface area contributed by atoms with Crippen LogP contribution in [0.3, 0.4) is 0 Å². The second-order valence-electron chi connectivity index (χ2n) is 5.56. The van der Waals surface area contributed by atoms with E-state index in [4.69, 9.17) is 10.3 Å². The first-order chi connectivity index (χ1) is 8.16. The van der Waals surface area contributed by atoms with Crippen molar-refractivity contribution in [3.63, 3.8) is 0 Å². The molecule has 4 nitrogen and oxygen atoms in total. The minimum Gasteiger partial charge on any atom is -0.338 e. The van der Waals surface area contributed by atoms with Crippen LogP contribution >= 0.6 is 0 Å². The van der Waals surface area contributed by atoms with E-state index < -0.39 is 0 Å². The van der Waals surface area contributed by atoms with Gasteiger partial charge >= 0.3 is 0 Å². The first kappa shape index (κ1) is 12.6. The van der Waals surface area contributed by atoms with Crippen molar-refractivity contribution in [2.45, 2.75) is 64.3 Å². The fraction of sp³-hybridized carbons (Fsp3) is 0.846. The standard InChI is InChI=1S/C13H23N3O/c1-9(2)8-11(14)13-15-12(16-17-13)10-6-4-3-5-7-10/h9-11H,3-8,14H2,1-2H3/t11-/m1/s1. The normalized spacial score (nSPS) is 19.8. The van der Waals surface area contributed by atoms with Crippen LogP contribution in [0.2, 0.25) is 0 Å². The van der Waals surface area contributed by atoms with Gasteiger partial charge in [-0.3, -0.25) is 0 Å². The predicted molar refractivity (Wildman–Crippen MR) is 66.5 cm³/mol. The molecule has 2 N–H and O–H groups in total. The van der Waals surface area contributed by atoms with Gasteiger partial charge in [-0.25, -0.2) is 0 Å². The highest BCUT2D eigenvalue weighted by Crippen LogP contribution is 2.31. The maximum atomic E-state index is 6.04. The summed E-state index contributed by atoms with van der Waals surface area (Å²) in [7, 11) is 0. The Morgan fingerprint density at radius 2 is 2.00 bits per heavy atom. The van der Waals surface area contributed by atoms with Crippen molar-refractivity contribution < 1.29 is 4.52 Å². The quantitative estimate of drug-likeness (QED) is 0.873. The lowest BCUT2D eigenvalue weighted by molar-refractivity contribution is 0.326. The smallest absolute Gasteiger partial charge is 0.243 e. The van der Waals surface area contributed by atoms with Crippen LogP contribution in [-0.2, 0) is 0 Å². The molecule has 1 atom stereocenters. The summed E-state index contributed by atoms with van der Waals surface area (Å²) in [6.07, 6.45) is 7.19. The van der Waals surface area contributed by atoms with Crippen molar-refractivity contribution in [1.29, 1.82) is 0 Å². The van der Waals surface area contributed by atoms with E-state index >= 15 is 0 Å². The first-order valence-electron chi connectivity index (χ1n) is 6.76. The maximum absolute atomic E-state index is 6.04. The number of nitrogens with two attached hydrogens (primary N) is 1. The molecule has 0 amide bonds. The predicted octanol–water partition coefficient (Wildman–Crippen LogP) is 3.16. The molecule has 0 unspecified atom stereocenters. The highest BCUT2D eigenvalue weighted by atomic mass is 16.5. The van der Waals surface area contributed by atoms with E-state index in [0.29, 0.717) is 17.7 Å². The summed E-state index contributed by atoms with van der Waals surface area (Å²) in [6.45, 7) is 4.30. The van der Waals surface area contributed by atoms with Gasteiger partial charge < -0.3 is 10.3 Å². The van der Waals surface area contributed by atoms with Gasteiger partial charge in [0.05, 0.1) is 6.04 Å². The Kier molecular flexibility index (Phi) is 4.15. The van der Waals surface area contributed by atoms with E-state index in [0.717, 1.165) is 12.2 Å². The lowest BCUT2D eigenvalue weighted by Crippen LogP contribution is -2.13. The zero-order valence-corrected chi connectivity index (χ0v) is 10.9. The number of hydrogen-bond donors (Lipinski definition) is 1. The summed E-state index contributed by atoms with van der Waals surface area (Å²) in [5.74, 6) is 2.53. The number of nitrogens with zero attached hydrogens (tertiary/aromatic N) is 2. The minimum absolute atomic E-state index is 0.111. The number of hydrogen-bond acceptors (Lipinski definition) is 4. The van der Waals surface area contributed by atoms with Crippen molar-refractivity contribution in [2.24, 2.45) is 11.7 Å². The molecule has 0 aromatic carbocycles. The van der Waals surface area contributed by atoms with Gasteiger partial charge in [-0.2, -0.15) is 4.98 Å². The van der Waals surface area contributed by atoms with Gasteiger partial charge in [0.2, 0.25) is 5.89 Å². The Morgan fingerprint density at radius 3 is 2.65 bits per heavy atom. The summed E-state index contributed by atoms with van der Waals surface area (Å²) in [6, 6.07) is -0.111. The third-order valence-corrected chi connectivity index (χ3v) is 3.47. The highest BCUT2D eigenvalue weighted by molar-refractivity contribution is 4.99. The highest BCUT2D eigenvalue weighted by Gasteiger charge is 2.23. The molecule has 1 saturated carbocycles. The molecule has 1 fully saturated rings. The molecule has 2 rings (SSSR count). The largest absolute Gasteiger partial charge is 0.338 e. The second kappa shape index (κ2) is 5.63. The zero-order valence-electron chi connectivity index (χ0n) is 10.9. The van der Waals surface area contributed by atoms with Gasteiger partial charge in [-0.15, -0.1) is 0 Å². The van der Waals surface area contributed by atoms with Crippen molar-refractivity contribution in [1.82, 2.24) is 10.1 Å². The van der Waals surface area contributed by atoms with Gasteiger partial charge in [-0.05, 0) is 25.2 Å². The van der Waals surface area contributed by atoms with E-state index in [9.17, 15) is 0 Å². The monoisotopic (exact) mass is 237 g/mol. The summed E-state index contributed by atoms with van der Waals surface area (Å²) < 4.78 is 5.29. The van der Waals surface area contributed by atoms with Gasteiger partial charge in [-0.1, -0.05) is 38.3 Å². The van der Waals surface area contributed by atoms with Gasteiger partial charge in [0.1, 0.15) is 0 Å². The molecule has 96 valence electrons.